The van der Waals surface area contributed by atoms with E-state index in [1.165, 1.54) is 5.56 Å². The van der Waals surface area contributed by atoms with Crippen LogP contribution in [0.5, 0.6) is 0 Å². The molecule has 0 amide bonds. The number of aliphatic carboxylic acids is 1. The van der Waals surface area contributed by atoms with Gasteiger partial charge in [0.05, 0.1) is 11.4 Å². The lowest BCUT2D eigenvalue weighted by Crippen LogP contribution is -2.50. The Hall–Kier alpha value is -2.22. The van der Waals surface area contributed by atoms with Crippen LogP contribution in [0.25, 0.3) is 16.2 Å². The molecule has 25 heavy (non-hydrogen) atoms. The van der Waals surface area contributed by atoms with Crippen molar-refractivity contribution >= 4 is 22.3 Å². The first-order chi connectivity index (χ1) is 12.0. The molecule has 3 N–H and O–H groups in total. The van der Waals surface area contributed by atoms with Gasteiger partial charge in [-0.15, -0.1) is 11.3 Å². The first kappa shape index (κ1) is 16.3. The fraction of sp³-hybridized carbons (Fsp3) is 0.333. The minimum atomic E-state index is -1.15. The van der Waals surface area contributed by atoms with E-state index < -0.39 is 11.5 Å². The van der Waals surface area contributed by atoms with Crippen LogP contribution in [0.3, 0.4) is 0 Å². The summed E-state index contributed by atoms with van der Waals surface area (Å²) in [5.74, 6) is -0.928. The first-order valence-electron chi connectivity index (χ1n) is 8.22. The van der Waals surface area contributed by atoms with Crippen LogP contribution in [-0.4, -0.2) is 44.0 Å². The molecule has 2 aromatic heterocycles. The standard InChI is InChI=1S/C18H20N4O2S/c1-12-2-4-13(5-3-12)15-14(22-8-9-25-17(22)20-15)10-21-7-6-18(19,11-21)16(23)24/h2-5,8-9H,6-7,10-11,19H2,1H3,(H,23,24)/t18-/m1/s1. The number of rotatable bonds is 4. The van der Waals surface area contributed by atoms with Crippen molar-refractivity contribution in [1.82, 2.24) is 14.3 Å². The number of nitrogens with two attached hydrogens (primary N) is 1. The summed E-state index contributed by atoms with van der Waals surface area (Å²) in [6.07, 6.45) is 2.48. The number of aryl methyl sites for hydroxylation is 1. The van der Waals surface area contributed by atoms with E-state index in [4.69, 9.17) is 10.7 Å². The van der Waals surface area contributed by atoms with Gasteiger partial charge < -0.3 is 10.8 Å². The molecular weight excluding hydrogens is 336 g/mol. The van der Waals surface area contributed by atoms with Crippen molar-refractivity contribution in [2.45, 2.75) is 25.4 Å². The van der Waals surface area contributed by atoms with Crippen LogP contribution >= 0.6 is 11.3 Å². The van der Waals surface area contributed by atoms with Crippen molar-refractivity contribution in [3.05, 3.63) is 47.1 Å². The number of likely N-dealkylation sites (tertiary alicyclic amines) is 1. The zero-order valence-electron chi connectivity index (χ0n) is 14.0. The van der Waals surface area contributed by atoms with E-state index in [1.54, 1.807) is 11.3 Å². The topological polar surface area (TPSA) is 83.9 Å². The Morgan fingerprint density at radius 1 is 1.40 bits per heavy atom. The van der Waals surface area contributed by atoms with E-state index >= 15 is 0 Å². The number of aromatic nitrogens is 2. The molecule has 7 heteroatoms. The third-order valence-corrected chi connectivity index (χ3v) is 5.62. The second kappa shape index (κ2) is 5.94. The maximum Gasteiger partial charge on any atom is 0.325 e. The number of carboxylic acids is 1. The summed E-state index contributed by atoms with van der Waals surface area (Å²) in [5.41, 5.74) is 9.19. The van der Waals surface area contributed by atoms with Gasteiger partial charge in [0.15, 0.2) is 4.96 Å². The van der Waals surface area contributed by atoms with E-state index in [9.17, 15) is 9.90 Å². The first-order valence-corrected chi connectivity index (χ1v) is 9.10. The van der Waals surface area contributed by atoms with E-state index in [0.717, 1.165) is 21.9 Å². The van der Waals surface area contributed by atoms with Gasteiger partial charge in [0, 0.05) is 36.8 Å². The van der Waals surface area contributed by atoms with Gasteiger partial charge in [-0.05, 0) is 13.3 Å². The minimum absolute atomic E-state index is 0.354. The second-order valence-electron chi connectivity index (χ2n) is 6.75. The van der Waals surface area contributed by atoms with Crippen molar-refractivity contribution in [1.29, 1.82) is 0 Å². The molecule has 1 saturated heterocycles. The number of thiazole rings is 1. The largest absolute Gasteiger partial charge is 0.480 e. The van der Waals surface area contributed by atoms with Crippen molar-refractivity contribution in [3.8, 4) is 11.3 Å². The van der Waals surface area contributed by atoms with Crippen molar-refractivity contribution in [3.63, 3.8) is 0 Å². The molecule has 1 aromatic carbocycles. The second-order valence-corrected chi connectivity index (χ2v) is 7.62. The van der Waals surface area contributed by atoms with Gasteiger partial charge in [0.1, 0.15) is 5.54 Å². The minimum Gasteiger partial charge on any atom is -0.480 e. The molecular formula is C18H20N4O2S. The van der Waals surface area contributed by atoms with E-state index in [2.05, 4.69) is 40.5 Å². The van der Waals surface area contributed by atoms with Crippen LogP contribution in [0, 0.1) is 6.92 Å². The Labute approximate surface area is 149 Å². The molecule has 1 fully saturated rings. The number of carboxylic acid groups (broad SMARTS) is 1. The van der Waals surface area contributed by atoms with Gasteiger partial charge in [0.25, 0.3) is 0 Å². The SMILES string of the molecule is Cc1ccc(-c2nc3sccn3c2CN2CC[C@](N)(C(=O)O)C2)cc1. The number of fused-ring (bicyclic) bond motifs is 1. The lowest BCUT2D eigenvalue weighted by molar-refractivity contribution is -0.142. The van der Waals surface area contributed by atoms with Gasteiger partial charge in [-0.3, -0.25) is 14.1 Å². The molecule has 0 saturated carbocycles. The van der Waals surface area contributed by atoms with Crippen LogP contribution in [-0.2, 0) is 11.3 Å². The molecule has 3 heterocycles. The summed E-state index contributed by atoms with van der Waals surface area (Å²) in [7, 11) is 0. The highest BCUT2D eigenvalue weighted by Crippen LogP contribution is 2.30. The van der Waals surface area contributed by atoms with Gasteiger partial charge >= 0.3 is 5.97 Å². The highest BCUT2D eigenvalue weighted by Gasteiger charge is 2.41. The molecule has 0 bridgehead atoms. The third-order valence-electron chi connectivity index (χ3n) is 4.87. The number of imidazole rings is 1. The van der Waals surface area contributed by atoms with Crippen molar-refractivity contribution in [2.24, 2.45) is 5.73 Å². The molecule has 0 radical (unpaired) electrons. The molecule has 0 aliphatic carbocycles. The molecule has 0 spiro atoms. The molecule has 3 aromatic rings. The average molecular weight is 356 g/mol. The van der Waals surface area contributed by atoms with Crippen LogP contribution in [0.4, 0.5) is 0 Å². The van der Waals surface area contributed by atoms with E-state index in [0.29, 0.717) is 26.1 Å². The van der Waals surface area contributed by atoms with Crippen LogP contribution in [0.2, 0.25) is 0 Å². The van der Waals surface area contributed by atoms with Crippen molar-refractivity contribution in [2.75, 3.05) is 13.1 Å². The highest BCUT2D eigenvalue weighted by atomic mass is 32.1. The number of carbonyl (C=O) groups is 1. The normalized spacial score (nSPS) is 21.2. The number of benzene rings is 1. The molecule has 130 valence electrons. The summed E-state index contributed by atoms with van der Waals surface area (Å²) in [6, 6.07) is 8.33. The molecule has 1 atom stereocenters. The van der Waals surface area contributed by atoms with Gasteiger partial charge in [-0.2, -0.15) is 0 Å². The molecule has 4 rings (SSSR count). The maximum atomic E-state index is 11.4. The van der Waals surface area contributed by atoms with Crippen LogP contribution < -0.4 is 5.73 Å². The summed E-state index contributed by atoms with van der Waals surface area (Å²) in [5, 5.41) is 11.4. The summed E-state index contributed by atoms with van der Waals surface area (Å²) in [4.78, 5) is 19.2. The summed E-state index contributed by atoms with van der Waals surface area (Å²) < 4.78 is 2.09. The van der Waals surface area contributed by atoms with E-state index in [-0.39, 0.29) is 0 Å². The number of hydrogen-bond donors (Lipinski definition) is 2. The lowest BCUT2D eigenvalue weighted by atomic mass is 10.0. The highest BCUT2D eigenvalue weighted by molar-refractivity contribution is 7.15. The molecule has 1 aliphatic rings. The zero-order valence-corrected chi connectivity index (χ0v) is 14.8. The smallest absolute Gasteiger partial charge is 0.325 e. The Morgan fingerprint density at radius 3 is 2.84 bits per heavy atom. The fourth-order valence-electron chi connectivity index (χ4n) is 3.36. The predicted octanol–water partition coefficient (Wildman–Crippen LogP) is 2.36. The van der Waals surface area contributed by atoms with Gasteiger partial charge in [0.2, 0.25) is 0 Å². The monoisotopic (exact) mass is 356 g/mol. The zero-order chi connectivity index (χ0) is 17.6. The van der Waals surface area contributed by atoms with Gasteiger partial charge in [-0.1, -0.05) is 29.8 Å². The quantitative estimate of drug-likeness (QED) is 0.750. The summed E-state index contributed by atoms with van der Waals surface area (Å²) >= 11 is 1.60. The molecule has 1 aliphatic heterocycles. The Balaban J connectivity index is 1.69. The van der Waals surface area contributed by atoms with E-state index in [1.807, 2.05) is 11.6 Å². The number of nitrogens with zero attached hydrogens (tertiary/aromatic N) is 3. The van der Waals surface area contributed by atoms with Crippen LogP contribution in [0.1, 0.15) is 17.7 Å². The average Bonchev–Trinajstić information content (AvgIpc) is 3.25. The van der Waals surface area contributed by atoms with Crippen LogP contribution in [0.15, 0.2) is 35.8 Å². The number of hydrogen-bond acceptors (Lipinski definition) is 5. The fourth-order valence-corrected chi connectivity index (χ4v) is 4.10. The predicted molar refractivity (Wildman–Crippen MR) is 97.7 cm³/mol. The molecule has 0 unspecified atom stereocenters. The van der Waals surface area contributed by atoms with Crippen molar-refractivity contribution < 1.29 is 9.90 Å². The summed E-state index contributed by atoms with van der Waals surface area (Å²) in [6.45, 7) is 3.72. The Bertz CT molecular complexity index is 930. The Morgan fingerprint density at radius 2 is 2.16 bits per heavy atom. The maximum absolute atomic E-state index is 11.4. The Kier molecular flexibility index (Phi) is 3.87. The van der Waals surface area contributed by atoms with Gasteiger partial charge in [-0.25, -0.2) is 4.98 Å². The third kappa shape index (κ3) is 2.84. The molecule has 6 nitrogen and oxygen atoms in total. The lowest BCUT2D eigenvalue weighted by Gasteiger charge is -2.20.